The monoisotopic (exact) mass is 365 g/mol. The summed E-state index contributed by atoms with van der Waals surface area (Å²) in [6.07, 6.45) is 3.14. The number of aromatic nitrogens is 5. The molecule has 0 bridgehead atoms. The third-order valence-corrected chi connectivity index (χ3v) is 4.11. The molecule has 0 aliphatic carbocycles. The number of carbonyl (C=O) groups is 1. The number of hydrogen-bond donors (Lipinski definition) is 1. The van der Waals surface area contributed by atoms with Crippen LogP contribution in [0.5, 0.6) is 0 Å². The number of thioether (sulfide) groups is 1. The van der Waals surface area contributed by atoms with Gasteiger partial charge >= 0.3 is 5.97 Å². The molecule has 0 unspecified atom stereocenters. The van der Waals surface area contributed by atoms with Crippen LogP contribution in [0.25, 0.3) is 5.69 Å². The van der Waals surface area contributed by atoms with E-state index < -0.39 is 11.8 Å². The lowest BCUT2D eigenvalue weighted by Gasteiger charge is -2.08. The molecule has 10 heteroatoms. The first-order chi connectivity index (χ1) is 11.6. The Morgan fingerprint density at radius 1 is 1.33 bits per heavy atom. The van der Waals surface area contributed by atoms with Crippen molar-refractivity contribution in [3.05, 3.63) is 58.9 Å². The van der Waals surface area contributed by atoms with Crippen LogP contribution in [-0.2, 0) is 5.75 Å². The minimum atomic E-state index is -1.25. The summed E-state index contributed by atoms with van der Waals surface area (Å²) in [5.41, 5.74) is 0.0259. The largest absolute Gasteiger partial charge is 0.476 e. The lowest BCUT2D eigenvalue weighted by Crippen LogP contribution is -2.07. The maximum absolute atomic E-state index is 14.1. The van der Waals surface area contributed by atoms with E-state index in [9.17, 15) is 14.3 Å². The predicted octanol–water partition coefficient (Wildman–Crippen LogP) is 2.84. The van der Waals surface area contributed by atoms with Crippen molar-refractivity contribution in [2.24, 2.45) is 0 Å². The van der Waals surface area contributed by atoms with Gasteiger partial charge in [0.25, 0.3) is 0 Å². The van der Waals surface area contributed by atoms with E-state index in [1.54, 1.807) is 18.5 Å². The fourth-order valence-electron chi connectivity index (χ4n) is 1.94. The van der Waals surface area contributed by atoms with Crippen LogP contribution in [0.1, 0.15) is 16.2 Å². The third kappa shape index (κ3) is 3.36. The molecule has 3 rings (SSSR count). The Hall–Kier alpha value is -2.52. The Labute approximate surface area is 144 Å². The SMILES string of the molecule is O=C(O)c1nnn(-c2ccc(Cl)cc2F)c1CSc1ncccn1. The molecule has 2 aromatic heterocycles. The quantitative estimate of drug-likeness (QED) is 0.548. The van der Waals surface area contributed by atoms with Gasteiger partial charge in [-0.2, -0.15) is 0 Å². The number of benzene rings is 1. The lowest BCUT2D eigenvalue weighted by atomic mass is 10.3. The van der Waals surface area contributed by atoms with E-state index in [-0.39, 0.29) is 27.9 Å². The average molecular weight is 366 g/mol. The molecule has 0 saturated carbocycles. The van der Waals surface area contributed by atoms with E-state index in [1.165, 1.54) is 23.9 Å². The van der Waals surface area contributed by atoms with Crippen molar-refractivity contribution >= 4 is 29.3 Å². The fourth-order valence-corrected chi connectivity index (χ4v) is 2.89. The summed E-state index contributed by atoms with van der Waals surface area (Å²) < 4.78 is 15.3. The van der Waals surface area contributed by atoms with Crippen molar-refractivity contribution < 1.29 is 14.3 Å². The van der Waals surface area contributed by atoms with Gasteiger partial charge in [0.15, 0.2) is 10.9 Å². The Bertz CT molecular complexity index is 890. The van der Waals surface area contributed by atoms with E-state index in [4.69, 9.17) is 11.6 Å². The van der Waals surface area contributed by atoms with E-state index in [0.29, 0.717) is 5.16 Å². The van der Waals surface area contributed by atoms with E-state index in [0.717, 1.165) is 10.7 Å². The molecule has 24 heavy (non-hydrogen) atoms. The molecule has 0 atom stereocenters. The predicted molar refractivity (Wildman–Crippen MR) is 84.9 cm³/mol. The summed E-state index contributed by atoms with van der Waals surface area (Å²) in [4.78, 5) is 19.4. The number of aromatic carboxylic acids is 1. The number of nitrogens with zero attached hydrogens (tertiary/aromatic N) is 5. The van der Waals surface area contributed by atoms with E-state index >= 15 is 0 Å². The number of carboxylic acid groups (broad SMARTS) is 1. The molecule has 2 heterocycles. The van der Waals surface area contributed by atoms with Gasteiger partial charge in [0.1, 0.15) is 11.5 Å². The molecular weight excluding hydrogens is 357 g/mol. The van der Waals surface area contributed by atoms with Gasteiger partial charge in [0.05, 0.1) is 5.69 Å². The summed E-state index contributed by atoms with van der Waals surface area (Å²) in [6.45, 7) is 0. The number of hydrogen-bond acceptors (Lipinski definition) is 6. The van der Waals surface area contributed by atoms with Gasteiger partial charge in [-0.15, -0.1) is 5.10 Å². The van der Waals surface area contributed by atoms with E-state index in [2.05, 4.69) is 20.3 Å². The summed E-state index contributed by atoms with van der Waals surface area (Å²) in [5.74, 6) is -1.73. The zero-order valence-electron chi connectivity index (χ0n) is 11.9. The smallest absolute Gasteiger partial charge is 0.358 e. The average Bonchev–Trinajstić information content (AvgIpc) is 2.98. The third-order valence-electron chi connectivity index (χ3n) is 2.98. The van der Waals surface area contributed by atoms with Crippen molar-refractivity contribution in [3.8, 4) is 5.69 Å². The normalized spacial score (nSPS) is 10.8. The highest BCUT2D eigenvalue weighted by molar-refractivity contribution is 7.98. The van der Waals surface area contributed by atoms with Gasteiger partial charge in [-0.1, -0.05) is 28.6 Å². The molecule has 0 spiro atoms. The molecule has 0 amide bonds. The standard InChI is InChI=1S/C14H9ClFN5O2S/c15-8-2-3-10(9(16)6-8)21-11(12(13(22)23)19-20-21)7-24-14-17-4-1-5-18-14/h1-6H,7H2,(H,22,23). The summed E-state index contributed by atoms with van der Waals surface area (Å²) >= 11 is 6.93. The maximum Gasteiger partial charge on any atom is 0.358 e. The molecule has 7 nitrogen and oxygen atoms in total. The second-order valence-electron chi connectivity index (χ2n) is 4.52. The molecular formula is C14H9ClFN5O2S. The summed E-state index contributed by atoms with van der Waals surface area (Å²) in [7, 11) is 0. The number of carboxylic acids is 1. The van der Waals surface area contributed by atoms with Crippen LogP contribution >= 0.6 is 23.4 Å². The van der Waals surface area contributed by atoms with Crippen molar-refractivity contribution in [1.29, 1.82) is 0 Å². The van der Waals surface area contributed by atoms with Crippen molar-refractivity contribution in [2.75, 3.05) is 0 Å². The molecule has 1 aromatic carbocycles. The summed E-state index contributed by atoms with van der Waals surface area (Å²) in [6, 6.07) is 5.68. The van der Waals surface area contributed by atoms with Gasteiger partial charge in [-0.05, 0) is 24.3 Å². The molecule has 0 aliphatic rings. The van der Waals surface area contributed by atoms with Crippen LogP contribution in [0.15, 0.2) is 41.8 Å². The molecule has 122 valence electrons. The number of rotatable bonds is 5. The van der Waals surface area contributed by atoms with Crippen molar-refractivity contribution in [1.82, 2.24) is 25.0 Å². The van der Waals surface area contributed by atoms with Gasteiger partial charge in [-0.3, -0.25) is 0 Å². The molecule has 1 N–H and O–H groups in total. The second kappa shape index (κ2) is 6.93. The van der Waals surface area contributed by atoms with E-state index in [1.807, 2.05) is 0 Å². The first-order valence-corrected chi connectivity index (χ1v) is 7.95. The van der Waals surface area contributed by atoms with Crippen molar-refractivity contribution in [2.45, 2.75) is 10.9 Å². The van der Waals surface area contributed by atoms with Gasteiger partial charge < -0.3 is 5.11 Å². The summed E-state index contributed by atoms with van der Waals surface area (Å²) in [5, 5.41) is 17.3. The van der Waals surface area contributed by atoms with Crippen LogP contribution in [0.4, 0.5) is 4.39 Å². The Morgan fingerprint density at radius 3 is 2.75 bits per heavy atom. The van der Waals surface area contributed by atoms with Crippen LogP contribution in [0, 0.1) is 5.82 Å². The maximum atomic E-state index is 14.1. The Kier molecular flexibility index (Phi) is 4.72. The molecule has 0 radical (unpaired) electrons. The first-order valence-electron chi connectivity index (χ1n) is 6.59. The zero-order valence-corrected chi connectivity index (χ0v) is 13.5. The Morgan fingerprint density at radius 2 is 2.08 bits per heavy atom. The van der Waals surface area contributed by atoms with Crippen LogP contribution in [0.2, 0.25) is 5.02 Å². The highest BCUT2D eigenvalue weighted by atomic mass is 35.5. The minimum absolute atomic E-state index is 0.0592. The highest BCUT2D eigenvalue weighted by Gasteiger charge is 2.22. The first kappa shape index (κ1) is 16.3. The fraction of sp³-hybridized carbons (Fsp3) is 0.0714. The lowest BCUT2D eigenvalue weighted by molar-refractivity contribution is 0.0689. The van der Waals surface area contributed by atoms with Gasteiger partial charge in [0.2, 0.25) is 0 Å². The zero-order chi connectivity index (χ0) is 17.1. The topological polar surface area (TPSA) is 93.8 Å². The van der Waals surface area contributed by atoms with Crippen LogP contribution in [-0.4, -0.2) is 36.0 Å². The highest BCUT2D eigenvalue weighted by Crippen LogP contribution is 2.25. The molecule has 0 saturated heterocycles. The number of halogens is 2. The Balaban J connectivity index is 1.99. The van der Waals surface area contributed by atoms with Gasteiger partial charge in [0, 0.05) is 23.2 Å². The minimum Gasteiger partial charge on any atom is -0.476 e. The van der Waals surface area contributed by atoms with Crippen molar-refractivity contribution in [3.63, 3.8) is 0 Å². The molecule has 3 aromatic rings. The molecule has 0 fully saturated rings. The van der Waals surface area contributed by atoms with Gasteiger partial charge in [-0.25, -0.2) is 23.8 Å². The second-order valence-corrected chi connectivity index (χ2v) is 5.90. The van der Waals surface area contributed by atoms with Crippen LogP contribution < -0.4 is 0 Å². The molecule has 0 aliphatic heterocycles. The van der Waals surface area contributed by atoms with Crippen LogP contribution in [0.3, 0.4) is 0 Å².